The molecule has 0 saturated carbocycles. The zero-order valence-corrected chi connectivity index (χ0v) is 13.1. The summed E-state index contributed by atoms with van der Waals surface area (Å²) in [6.07, 6.45) is 2.44. The zero-order chi connectivity index (χ0) is 14.8. The van der Waals surface area contributed by atoms with Gasteiger partial charge in [0.05, 0.1) is 0 Å². The molecule has 0 radical (unpaired) electrons. The summed E-state index contributed by atoms with van der Waals surface area (Å²) in [7, 11) is 4.32. The number of aryl methyl sites for hydroxylation is 1. The molecule has 6 nitrogen and oxygen atoms in total. The molecule has 0 amide bonds. The van der Waals surface area contributed by atoms with Crippen LogP contribution in [-0.2, 0) is 12.8 Å². The summed E-state index contributed by atoms with van der Waals surface area (Å²) in [6, 6.07) is 0.463. The number of nitrogens with two attached hydrogens (primary N) is 1. The lowest BCUT2D eigenvalue weighted by Gasteiger charge is -2.37. The Balaban J connectivity index is 1.89. The highest BCUT2D eigenvalue weighted by Gasteiger charge is 2.24. The Hall–Kier alpha value is -0.980. The van der Waals surface area contributed by atoms with E-state index in [0.717, 1.165) is 44.7 Å². The van der Waals surface area contributed by atoms with Crippen molar-refractivity contribution in [3.8, 4) is 0 Å². The molecule has 1 fully saturated rings. The summed E-state index contributed by atoms with van der Waals surface area (Å²) >= 11 is 0. The maximum atomic E-state index is 5.97. The van der Waals surface area contributed by atoms with Crippen LogP contribution in [0.2, 0.25) is 0 Å². The molecule has 1 atom stereocenters. The Morgan fingerprint density at radius 2 is 2.10 bits per heavy atom. The summed E-state index contributed by atoms with van der Waals surface area (Å²) in [4.78, 5) is 9.21. The summed E-state index contributed by atoms with van der Waals surface area (Å²) < 4.78 is 5.31. The lowest BCUT2D eigenvalue weighted by Crippen LogP contribution is -2.50. The predicted octanol–water partition coefficient (Wildman–Crippen LogP) is 0.528. The molecule has 114 valence electrons. The van der Waals surface area contributed by atoms with Gasteiger partial charge in [0.2, 0.25) is 5.89 Å². The molecule has 0 bridgehead atoms. The topological polar surface area (TPSA) is 71.4 Å². The molecular formula is C14H27N5O. The van der Waals surface area contributed by atoms with E-state index in [4.69, 9.17) is 10.3 Å². The first kappa shape index (κ1) is 15.4. The van der Waals surface area contributed by atoms with Gasteiger partial charge in [0, 0.05) is 44.1 Å². The van der Waals surface area contributed by atoms with Crippen LogP contribution < -0.4 is 5.73 Å². The van der Waals surface area contributed by atoms with E-state index in [9.17, 15) is 0 Å². The molecule has 6 heteroatoms. The first-order valence-electron chi connectivity index (χ1n) is 7.32. The Labute approximate surface area is 121 Å². The molecule has 0 aliphatic carbocycles. The Morgan fingerprint density at radius 3 is 2.80 bits per heavy atom. The van der Waals surface area contributed by atoms with Crippen molar-refractivity contribution in [2.45, 2.75) is 44.7 Å². The summed E-state index contributed by atoms with van der Waals surface area (Å²) in [6.45, 7) is 7.29. The van der Waals surface area contributed by atoms with E-state index < -0.39 is 0 Å². The van der Waals surface area contributed by atoms with E-state index in [0.29, 0.717) is 11.9 Å². The monoisotopic (exact) mass is 281 g/mol. The van der Waals surface area contributed by atoms with Gasteiger partial charge in [-0.2, -0.15) is 4.98 Å². The number of likely N-dealkylation sites (N-methyl/N-ethyl adjacent to an activating group) is 2. The van der Waals surface area contributed by atoms with Crippen molar-refractivity contribution in [3.63, 3.8) is 0 Å². The Bertz CT molecular complexity index is 425. The van der Waals surface area contributed by atoms with Crippen molar-refractivity contribution >= 4 is 0 Å². The Kier molecular flexibility index (Phi) is 4.78. The van der Waals surface area contributed by atoms with Crippen LogP contribution in [0.15, 0.2) is 4.52 Å². The van der Waals surface area contributed by atoms with Crippen LogP contribution in [0.4, 0.5) is 0 Å². The zero-order valence-electron chi connectivity index (χ0n) is 13.1. The first-order valence-corrected chi connectivity index (χ1v) is 7.32. The predicted molar refractivity (Wildman–Crippen MR) is 78.5 cm³/mol. The van der Waals surface area contributed by atoms with E-state index in [2.05, 4.69) is 34.0 Å². The lowest BCUT2D eigenvalue weighted by molar-refractivity contribution is 0.113. The third-order valence-electron chi connectivity index (χ3n) is 3.89. The van der Waals surface area contributed by atoms with Crippen molar-refractivity contribution < 1.29 is 4.52 Å². The smallest absolute Gasteiger partial charge is 0.226 e. The molecule has 0 spiro atoms. The van der Waals surface area contributed by atoms with E-state index in [1.165, 1.54) is 0 Å². The standard InChI is InChI=1S/C14H27N5O/c1-14(2,15)6-5-13-16-12(17-20-13)9-11-10-18(3)7-8-19(11)4/h11H,5-10,15H2,1-4H3. The fourth-order valence-corrected chi connectivity index (χ4v) is 2.44. The van der Waals surface area contributed by atoms with Crippen molar-refractivity contribution in [1.29, 1.82) is 0 Å². The molecule has 2 heterocycles. The van der Waals surface area contributed by atoms with Gasteiger partial charge in [0.1, 0.15) is 0 Å². The van der Waals surface area contributed by atoms with Gasteiger partial charge in [-0.3, -0.25) is 0 Å². The van der Waals surface area contributed by atoms with Crippen LogP contribution in [0.5, 0.6) is 0 Å². The van der Waals surface area contributed by atoms with Gasteiger partial charge in [0.25, 0.3) is 0 Å². The number of nitrogens with zero attached hydrogens (tertiary/aromatic N) is 4. The van der Waals surface area contributed by atoms with Gasteiger partial charge in [-0.1, -0.05) is 5.16 Å². The highest BCUT2D eigenvalue weighted by Crippen LogP contribution is 2.13. The second kappa shape index (κ2) is 6.20. The maximum absolute atomic E-state index is 5.97. The molecule has 1 aromatic heterocycles. The van der Waals surface area contributed by atoms with Crippen LogP contribution >= 0.6 is 0 Å². The van der Waals surface area contributed by atoms with Crippen LogP contribution in [-0.4, -0.2) is 65.3 Å². The molecule has 2 N–H and O–H groups in total. The summed E-state index contributed by atoms with van der Waals surface area (Å²) in [5, 5.41) is 4.10. The average molecular weight is 281 g/mol. The summed E-state index contributed by atoms with van der Waals surface area (Å²) in [5.41, 5.74) is 5.78. The Morgan fingerprint density at radius 1 is 1.35 bits per heavy atom. The van der Waals surface area contributed by atoms with E-state index in [1.54, 1.807) is 0 Å². The van der Waals surface area contributed by atoms with Crippen LogP contribution in [0, 0.1) is 0 Å². The number of rotatable bonds is 5. The molecule has 1 aliphatic heterocycles. The molecule has 2 rings (SSSR count). The van der Waals surface area contributed by atoms with E-state index in [1.807, 2.05) is 13.8 Å². The minimum Gasteiger partial charge on any atom is -0.339 e. The van der Waals surface area contributed by atoms with Crippen molar-refractivity contribution in [2.24, 2.45) is 5.73 Å². The number of piperazine rings is 1. The molecule has 1 unspecified atom stereocenters. The maximum Gasteiger partial charge on any atom is 0.226 e. The quantitative estimate of drug-likeness (QED) is 0.849. The van der Waals surface area contributed by atoms with Gasteiger partial charge in [-0.05, 0) is 34.4 Å². The first-order chi connectivity index (χ1) is 9.33. The average Bonchev–Trinajstić information content (AvgIpc) is 2.78. The minimum atomic E-state index is -0.194. The van der Waals surface area contributed by atoms with Gasteiger partial charge >= 0.3 is 0 Å². The third kappa shape index (κ3) is 4.54. The normalized spacial score (nSPS) is 22.4. The number of aromatic nitrogens is 2. The van der Waals surface area contributed by atoms with Gasteiger partial charge < -0.3 is 20.1 Å². The SMILES string of the molecule is CN1CCN(C)C(Cc2noc(CCC(C)(C)N)n2)C1. The molecular weight excluding hydrogens is 254 g/mol. The van der Waals surface area contributed by atoms with Crippen molar-refractivity contribution in [2.75, 3.05) is 33.7 Å². The summed E-state index contributed by atoms with van der Waals surface area (Å²) in [5.74, 6) is 1.51. The fourth-order valence-electron chi connectivity index (χ4n) is 2.44. The van der Waals surface area contributed by atoms with E-state index in [-0.39, 0.29) is 5.54 Å². The van der Waals surface area contributed by atoms with Crippen LogP contribution in [0.1, 0.15) is 32.0 Å². The minimum absolute atomic E-state index is 0.194. The molecule has 1 aliphatic rings. The van der Waals surface area contributed by atoms with Gasteiger partial charge in [-0.25, -0.2) is 0 Å². The second-order valence-electron chi connectivity index (χ2n) is 6.69. The van der Waals surface area contributed by atoms with Gasteiger partial charge in [0.15, 0.2) is 5.82 Å². The largest absolute Gasteiger partial charge is 0.339 e. The number of hydrogen-bond donors (Lipinski definition) is 1. The number of hydrogen-bond acceptors (Lipinski definition) is 6. The fraction of sp³-hybridized carbons (Fsp3) is 0.857. The van der Waals surface area contributed by atoms with Crippen molar-refractivity contribution in [3.05, 3.63) is 11.7 Å². The molecule has 1 aromatic rings. The third-order valence-corrected chi connectivity index (χ3v) is 3.89. The highest BCUT2D eigenvalue weighted by molar-refractivity contribution is 4.94. The lowest BCUT2D eigenvalue weighted by atomic mass is 10.0. The van der Waals surface area contributed by atoms with Gasteiger partial charge in [-0.15, -0.1) is 0 Å². The molecule has 20 heavy (non-hydrogen) atoms. The van der Waals surface area contributed by atoms with Crippen molar-refractivity contribution in [1.82, 2.24) is 19.9 Å². The van der Waals surface area contributed by atoms with Crippen LogP contribution in [0.3, 0.4) is 0 Å². The van der Waals surface area contributed by atoms with Crippen LogP contribution in [0.25, 0.3) is 0 Å². The molecule has 0 aromatic carbocycles. The highest BCUT2D eigenvalue weighted by atomic mass is 16.5. The van der Waals surface area contributed by atoms with E-state index >= 15 is 0 Å². The molecule has 1 saturated heterocycles. The second-order valence-corrected chi connectivity index (χ2v) is 6.69.